The normalized spacial score (nSPS) is 10.3. The van der Waals surface area contributed by atoms with Crippen LogP contribution in [0.5, 0.6) is 0 Å². The van der Waals surface area contributed by atoms with E-state index in [4.69, 9.17) is 5.73 Å². The van der Waals surface area contributed by atoms with Crippen LogP contribution in [0.4, 0.5) is 17.2 Å². The van der Waals surface area contributed by atoms with E-state index in [0.717, 1.165) is 16.8 Å². The number of hydrogen-bond donors (Lipinski definition) is 2. The van der Waals surface area contributed by atoms with E-state index in [-0.39, 0.29) is 5.91 Å². The standard InChI is InChI=1S/C19H19N5O/c1-24(2)19(25)14-5-3-13(4-6-14)15-7-8-18(22-10-15)23-17-9-16(20)11-21-12-17/h3-12H,20H2,1-2H3,(H,22,23). The van der Waals surface area contributed by atoms with Gasteiger partial charge in [-0.3, -0.25) is 9.78 Å². The van der Waals surface area contributed by atoms with Crippen LogP contribution >= 0.6 is 0 Å². The molecule has 1 amide bonds. The highest BCUT2D eigenvalue weighted by Gasteiger charge is 2.08. The topological polar surface area (TPSA) is 84.1 Å². The third kappa shape index (κ3) is 3.92. The van der Waals surface area contributed by atoms with Crippen LogP contribution < -0.4 is 11.1 Å². The molecule has 6 nitrogen and oxygen atoms in total. The number of aromatic nitrogens is 2. The molecule has 1 aromatic carbocycles. The zero-order valence-corrected chi connectivity index (χ0v) is 14.1. The fraction of sp³-hybridized carbons (Fsp3) is 0.105. The maximum absolute atomic E-state index is 11.9. The van der Waals surface area contributed by atoms with E-state index < -0.39 is 0 Å². The maximum Gasteiger partial charge on any atom is 0.253 e. The van der Waals surface area contributed by atoms with Crippen molar-refractivity contribution in [2.24, 2.45) is 0 Å². The van der Waals surface area contributed by atoms with Crippen molar-refractivity contribution in [3.8, 4) is 11.1 Å². The summed E-state index contributed by atoms with van der Waals surface area (Å²) in [5.74, 6) is 0.690. The number of amides is 1. The molecule has 2 aromatic heterocycles. The lowest BCUT2D eigenvalue weighted by atomic mass is 10.1. The van der Waals surface area contributed by atoms with Crippen molar-refractivity contribution < 1.29 is 4.79 Å². The van der Waals surface area contributed by atoms with E-state index >= 15 is 0 Å². The Morgan fingerprint density at radius 2 is 1.72 bits per heavy atom. The van der Waals surface area contributed by atoms with Gasteiger partial charge in [-0.15, -0.1) is 0 Å². The number of rotatable bonds is 4. The van der Waals surface area contributed by atoms with Crippen molar-refractivity contribution in [3.63, 3.8) is 0 Å². The SMILES string of the molecule is CN(C)C(=O)c1ccc(-c2ccc(Nc3cncc(N)c3)nc2)cc1. The van der Waals surface area contributed by atoms with E-state index in [1.165, 1.54) is 0 Å². The van der Waals surface area contributed by atoms with Crippen molar-refractivity contribution in [2.45, 2.75) is 0 Å². The van der Waals surface area contributed by atoms with E-state index in [2.05, 4.69) is 15.3 Å². The summed E-state index contributed by atoms with van der Waals surface area (Å²) in [5, 5.41) is 3.16. The fourth-order valence-corrected chi connectivity index (χ4v) is 2.38. The lowest BCUT2D eigenvalue weighted by Gasteiger charge is -2.11. The summed E-state index contributed by atoms with van der Waals surface area (Å²) in [6, 6.07) is 13.1. The number of benzene rings is 1. The Morgan fingerprint density at radius 1 is 1.00 bits per heavy atom. The first-order valence-electron chi connectivity index (χ1n) is 7.78. The van der Waals surface area contributed by atoms with E-state index in [0.29, 0.717) is 17.1 Å². The van der Waals surface area contributed by atoms with E-state index in [1.807, 2.05) is 36.4 Å². The molecule has 0 aliphatic carbocycles. The number of carbonyl (C=O) groups is 1. The average molecular weight is 333 g/mol. The molecule has 0 saturated carbocycles. The summed E-state index contributed by atoms with van der Waals surface area (Å²) < 4.78 is 0. The molecular formula is C19H19N5O. The van der Waals surface area contributed by atoms with E-state index in [1.54, 1.807) is 43.7 Å². The van der Waals surface area contributed by atoms with Gasteiger partial charge in [-0.1, -0.05) is 12.1 Å². The maximum atomic E-state index is 11.9. The van der Waals surface area contributed by atoms with Gasteiger partial charge in [0.1, 0.15) is 5.82 Å². The Labute approximate surface area is 146 Å². The van der Waals surface area contributed by atoms with Crippen molar-refractivity contribution >= 4 is 23.1 Å². The predicted molar refractivity (Wildman–Crippen MR) is 99.6 cm³/mol. The van der Waals surface area contributed by atoms with Gasteiger partial charge in [-0.2, -0.15) is 0 Å². The third-order valence-corrected chi connectivity index (χ3v) is 3.67. The van der Waals surface area contributed by atoms with Gasteiger partial charge in [0.15, 0.2) is 0 Å². The number of anilines is 3. The van der Waals surface area contributed by atoms with Gasteiger partial charge in [-0.25, -0.2) is 4.98 Å². The zero-order valence-electron chi connectivity index (χ0n) is 14.1. The van der Waals surface area contributed by atoms with E-state index in [9.17, 15) is 4.79 Å². The lowest BCUT2D eigenvalue weighted by molar-refractivity contribution is 0.0827. The molecule has 0 fully saturated rings. The van der Waals surface area contributed by atoms with Gasteiger partial charge in [0.25, 0.3) is 5.91 Å². The molecule has 0 radical (unpaired) electrons. The van der Waals surface area contributed by atoms with Gasteiger partial charge in [0.05, 0.1) is 17.6 Å². The molecule has 0 spiro atoms. The number of nitrogens with one attached hydrogen (secondary N) is 1. The third-order valence-electron chi connectivity index (χ3n) is 3.67. The van der Waals surface area contributed by atoms with Crippen LogP contribution in [0.3, 0.4) is 0 Å². The minimum absolute atomic E-state index is 0.0139. The first-order valence-corrected chi connectivity index (χ1v) is 7.78. The Kier molecular flexibility index (Phi) is 4.61. The summed E-state index contributed by atoms with van der Waals surface area (Å²) in [7, 11) is 3.48. The smallest absolute Gasteiger partial charge is 0.253 e. The molecule has 0 saturated heterocycles. The van der Waals surface area contributed by atoms with Crippen LogP contribution in [0, 0.1) is 0 Å². The first-order chi connectivity index (χ1) is 12.0. The van der Waals surface area contributed by atoms with Crippen molar-refractivity contribution in [2.75, 3.05) is 25.1 Å². The van der Waals surface area contributed by atoms with Crippen LogP contribution in [-0.4, -0.2) is 34.9 Å². The van der Waals surface area contributed by atoms with Crippen LogP contribution in [0.1, 0.15) is 10.4 Å². The Balaban J connectivity index is 1.75. The Hall–Kier alpha value is -3.41. The fourth-order valence-electron chi connectivity index (χ4n) is 2.38. The quantitative estimate of drug-likeness (QED) is 0.766. The second kappa shape index (κ2) is 7.00. The number of nitrogens with zero attached hydrogens (tertiary/aromatic N) is 3. The van der Waals surface area contributed by atoms with Crippen molar-refractivity contribution in [1.82, 2.24) is 14.9 Å². The van der Waals surface area contributed by atoms with Crippen LogP contribution in [0.15, 0.2) is 61.1 Å². The molecule has 3 rings (SSSR count). The zero-order chi connectivity index (χ0) is 17.8. The molecule has 126 valence electrons. The number of carbonyl (C=O) groups excluding carboxylic acids is 1. The number of nitrogens with two attached hydrogens (primary N) is 1. The molecule has 2 heterocycles. The summed E-state index contributed by atoms with van der Waals surface area (Å²) in [6.07, 6.45) is 5.06. The summed E-state index contributed by atoms with van der Waals surface area (Å²) in [4.78, 5) is 21.9. The monoisotopic (exact) mass is 333 g/mol. The summed E-state index contributed by atoms with van der Waals surface area (Å²) >= 11 is 0. The molecule has 6 heteroatoms. The number of nitrogen functional groups attached to an aromatic ring is 1. The van der Waals surface area contributed by atoms with Gasteiger partial charge in [0, 0.05) is 37.6 Å². The lowest BCUT2D eigenvalue weighted by Crippen LogP contribution is -2.21. The molecule has 25 heavy (non-hydrogen) atoms. The second-order valence-electron chi connectivity index (χ2n) is 5.84. The highest BCUT2D eigenvalue weighted by molar-refractivity contribution is 5.94. The van der Waals surface area contributed by atoms with Crippen molar-refractivity contribution in [1.29, 1.82) is 0 Å². The van der Waals surface area contributed by atoms with Crippen molar-refractivity contribution in [3.05, 3.63) is 66.6 Å². The molecule has 3 aromatic rings. The molecule has 0 atom stereocenters. The Morgan fingerprint density at radius 3 is 2.32 bits per heavy atom. The van der Waals surface area contributed by atoms with Crippen LogP contribution in [-0.2, 0) is 0 Å². The number of hydrogen-bond acceptors (Lipinski definition) is 5. The molecule has 0 aliphatic rings. The minimum Gasteiger partial charge on any atom is -0.397 e. The summed E-state index contributed by atoms with van der Waals surface area (Å²) in [6.45, 7) is 0. The molecule has 0 aliphatic heterocycles. The van der Waals surface area contributed by atoms with Crippen LogP contribution in [0.25, 0.3) is 11.1 Å². The molecule has 0 bridgehead atoms. The van der Waals surface area contributed by atoms with Gasteiger partial charge >= 0.3 is 0 Å². The number of pyridine rings is 2. The van der Waals surface area contributed by atoms with Crippen LogP contribution in [0.2, 0.25) is 0 Å². The second-order valence-corrected chi connectivity index (χ2v) is 5.84. The average Bonchev–Trinajstić information content (AvgIpc) is 2.62. The first kappa shape index (κ1) is 16.4. The Bertz CT molecular complexity index is 873. The van der Waals surface area contributed by atoms with Gasteiger partial charge < -0.3 is 16.0 Å². The molecular weight excluding hydrogens is 314 g/mol. The highest BCUT2D eigenvalue weighted by atomic mass is 16.2. The largest absolute Gasteiger partial charge is 0.397 e. The van der Waals surface area contributed by atoms with Gasteiger partial charge in [-0.05, 0) is 35.9 Å². The molecule has 3 N–H and O–H groups in total. The summed E-state index contributed by atoms with van der Waals surface area (Å²) in [5.41, 5.74) is 9.72. The van der Waals surface area contributed by atoms with Gasteiger partial charge in [0.2, 0.25) is 0 Å². The minimum atomic E-state index is -0.0139. The highest BCUT2D eigenvalue weighted by Crippen LogP contribution is 2.22. The molecule has 0 unspecified atom stereocenters. The predicted octanol–water partition coefficient (Wildman–Crippen LogP) is 3.17.